The Labute approximate surface area is 95.5 Å². The van der Waals surface area contributed by atoms with Crippen LogP contribution >= 0.6 is 12.4 Å². The van der Waals surface area contributed by atoms with Crippen molar-refractivity contribution >= 4 is 12.4 Å². The minimum absolute atomic E-state index is 0. The Bertz CT molecular complexity index is 356. The number of nitrogens with two attached hydrogens (primary N) is 1. The van der Waals surface area contributed by atoms with E-state index in [-0.39, 0.29) is 18.0 Å². The fourth-order valence-corrected chi connectivity index (χ4v) is 1.15. The summed E-state index contributed by atoms with van der Waals surface area (Å²) in [5, 5.41) is 8.63. The summed E-state index contributed by atoms with van der Waals surface area (Å²) >= 11 is 0. The van der Waals surface area contributed by atoms with Crippen LogP contribution in [0.1, 0.15) is 17.2 Å². The van der Waals surface area contributed by atoms with E-state index in [9.17, 15) is 17.6 Å². The molecule has 1 aromatic carbocycles. The number of benzene rings is 1. The molecule has 0 aliphatic carbocycles. The molecule has 0 fully saturated rings. The van der Waals surface area contributed by atoms with E-state index >= 15 is 0 Å². The van der Waals surface area contributed by atoms with Crippen LogP contribution < -0.4 is 5.73 Å². The zero-order chi connectivity index (χ0) is 11.6. The lowest BCUT2D eigenvalue weighted by Crippen LogP contribution is -2.18. The van der Waals surface area contributed by atoms with E-state index in [2.05, 4.69) is 0 Å². The second-order valence-electron chi connectivity index (χ2n) is 3.00. The third-order valence-electron chi connectivity index (χ3n) is 1.93. The maximum atomic E-state index is 13.3. The topological polar surface area (TPSA) is 46.2 Å². The van der Waals surface area contributed by atoms with E-state index < -0.39 is 30.2 Å². The average molecular weight is 260 g/mol. The van der Waals surface area contributed by atoms with Crippen LogP contribution in [0.15, 0.2) is 18.2 Å². The maximum Gasteiger partial charge on any atom is 0.419 e. The molecule has 0 heterocycles. The van der Waals surface area contributed by atoms with Gasteiger partial charge in [-0.1, -0.05) is 12.1 Å². The third-order valence-corrected chi connectivity index (χ3v) is 1.93. The molecule has 0 aromatic heterocycles. The monoisotopic (exact) mass is 259 g/mol. The number of aliphatic hydroxyl groups excluding tert-OH is 1. The second kappa shape index (κ2) is 5.47. The van der Waals surface area contributed by atoms with Crippen LogP contribution in [0, 0.1) is 5.82 Å². The minimum Gasteiger partial charge on any atom is -0.394 e. The lowest BCUT2D eigenvalue weighted by Gasteiger charge is -2.14. The molecule has 1 atom stereocenters. The van der Waals surface area contributed by atoms with E-state index in [0.29, 0.717) is 6.07 Å². The van der Waals surface area contributed by atoms with Crippen molar-refractivity contribution in [2.45, 2.75) is 12.2 Å². The summed E-state index contributed by atoms with van der Waals surface area (Å²) in [7, 11) is 0. The standard InChI is InChI=1S/C9H9F4NO.ClH/c10-8-5(7(14)4-15)2-1-3-6(8)9(11,12)13;/h1-3,7,15H,4,14H2;1H/t7-;/m1./s1. The first-order chi connectivity index (χ1) is 6.88. The van der Waals surface area contributed by atoms with Gasteiger partial charge in [0.05, 0.1) is 18.2 Å². The van der Waals surface area contributed by atoms with Crippen molar-refractivity contribution < 1.29 is 22.7 Å². The summed E-state index contributed by atoms with van der Waals surface area (Å²) in [6, 6.07) is 1.65. The second-order valence-corrected chi connectivity index (χ2v) is 3.00. The van der Waals surface area contributed by atoms with Crippen LogP contribution in [0.3, 0.4) is 0 Å². The minimum atomic E-state index is -4.75. The molecule has 1 rings (SSSR count). The number of aliphatic hydroxyl groups is 1. The molecule has 16 heavy (non-hydrogen) atoms. The highest BCUT2D eigenvalue weighted by atomic mass is 35.5. The molecule has 0 saturated heterocycles. The summed E-state index contributed by atoms with van der Waals surface area (Å²) in [5.74, 6) is -1.42. The molecule has 0 unspecified atom stereocenters. The SMILES string of the molecule is Cl.N[C@H](CO)c1cccc(C(F)(F)F)c1F. The predicted octanol–water partition coefficient (Wildman–Crippen LogP) is 2.26. The van der Waals surface area contributed by atoms with E-state index in [1.54, 1.807) is 0 Å². The van der Waals surface area contributed by atoms with Gasteiger partial charge >= 0.3 is 6.18 Å². The summed E-state index contributed by atoms with van der Waals surface area (Å²) < 4.78 is 50.1. The largest absolute Gasteiger partial charge is 0.419 e. The zero-order valence-electron chi connectivity index (χ0n) is 7.96. The Kier molecular flexibility index (Phi) is 5.18. The summed E-state index contributed by atoms with van der Waals surface area (Å²) in [6.45, 7) is -0.613. The molecule has 0 saturated carbocycles. The normalized spacial score (nSPS) is 13.1. The van der Waals surface area contributed by atoms with Gasteiger partial charge in [-0.15, -0.1) is 12.4 Å². The van der Waals surface area contributed by atoms with Gasteiger partial charge in [0.15, 0.2) is 0 Å². The van der Waals surface area contributed by atoms with E-state index in [0.717, 1.165) is 12.1 Å². The number of hydrogen-bond acceptors (Lipinski definition) is 2. The van der Waals surface area contributed by atoms with Crippen molar-refractivity contribution in [3.63, 3.8) is 0 Å². The predicted molar refractivity (Wildman–Crippen MR) is 52.7 cm³/mol. The maximum absolute atomic E-state index is 13.3. The Morgan fingerprint density at radius 1 is 1.31 bits per heavy atom. The highest BCUT2D eigenvalue weighted by molar-refractivity contribution is 5.85. The van der Waals surface area contributed by atoms with Crippen molar-refractivity contribution in [1.29, 1.82) is 0 Å². The van der Waals surface area contributed by atoms with Crippen molar-refractivity contribution in [2.75, 3.05) is 6.61 Å². The Hall–Kier alpha value is -0.850. The molecule has 7 heteroatoms. The molecule has 0 radical (unpaired) electrons. The van der Waals surface area contributed by atoms with Crippen LogP contribution in [-0.4, -0.2) is 11.7 Å². The molecule has 0 bridgehead atoms. The summed E-state index contributed by atoms with van der Waals surface area (Å²) in [4.78, 5) is 0. The van der Waals surface area contributed by atoms with Gasteiger partial charge < -0.3 is 10.8 Å². The van der Waals surface area contributed by atoms with Gasteiger partial charge in [-0.2, -0.15) is 13.2 Å². The molecule has 0 amide bonds. The van der Waals surface area contributed by atoms with E-state index in [1.165, 1.54) is 0 Å². The van der Waals surface area contributed by atoms with Crippen LogP contribution in [0.25, 0.3) is 0 Å². The Balaban J connectivity index is 0.00000225. The molecule has 0 aliphatic heterocycles. The van der Waals surface area contributed by atoms with Gasteiger partial charge in [-0.3, -0.25) is 0 Å². The molecule has 2 nitrogen and oxygen atoms in total. The summed E-state index contributed by atoms with van der Waals surface area (Å²) in [6.07, 6.45) is -4.75. The van der Waals surface area contributed by atoms with Crippen LogP contribution in [0.2, 0.25) is 0 Å². The van der Waals surface area contributed by atoms with Gasteiger partial charge in [0.25, 0.3) is 0 Å². The van der Waals surface area contributed by atoms with Gasteiger partial charge in [0.2, 0.25) is 0 Å². The van der Waals surface area contributed by atoms with Gasteiger partial charge in [-0.25, -0.2) is 4.39 Å². The molecular weight excluding hydrogens is 250 g/mol. The Morgan fingerprint density at radius 2 is 1.88 bits per heavy atom. The third kappa shape index (κ3) is 3.07. The van der Waals surface area contributed by atoms with Crippen molar-refractivity contribution in [3.05, 3.63) is 35.1 Å². The van der Waals surface area contributed by atoms with E-state index in [4.69, 9.17) is 10.8 Å². The van der Waals surface area contributed by atoms with Crippen LogP contribution in [0.4, 0.5) is 17.6 Å². The van der Waals surface area contributed by atoms with E-state index in [1.807, 2.05) is 0 Å². The fraction of sp³-hybridized carbons (Fsp3) is 0.333. The Morgan fingerprint density at radius 3 is 2.31 bits per heavy atom. The number of alkyl halides is 3. The van der Waals surface area contributed by atoms with Crippen LogP contribution in [-0.2, 0) is 6.18 Å². The lowest BCUT2D eigenvalue weighted by atomic mass is 10.0. The van der Waals surface area contributed by atoms with Crippen molar-refractivity contribution in [1.82, 2.24) is 0 Å². The average Bonchev–Trinajstić information content (AvgIpc) is 2.15. The van der Waals surface area contributed by atoms with Gasteiger partial charge in [-0.05, 0) is 6.07 Å². The van der Waals surface area contributed by atoms with Gasteiger partial charge in [0.1, 0.15) is 5.82 Å². The first-order valence-electron chi connectivity index (χ1n) is 4.10. The quantitative estimate of drug-likeness (QED) is 0.801. The van der Waals surface area contributed by atoms with Crippen LogP contribution in [0.5, 0.6) is 0 Å². The van der Waals surface area contributed by atoms with Crippen molar-refractivity contribution in [3.8, 4) is 0 Å². The molecule has 1 aromatic rings. The zero-order valence-corrected chi connectivity index (χ0v) is 8.78. The van der Waals surface area contributed by atoms with Crippen molar-refractivity contribution in [2.24, 2.45) is 5.73 Å². The molecule has 0 spiro atoms. The smallest absolute Gasteiger partial charge is 0.394 e. The molecule has 3 N–H and O–H groups in total. The highest BCUT2D eigenvalue weighted by Crippen LogP contribution is 2.33. The lowest BCUT2D eigenvalue weighted by molar-refractivity contribution is -0.140. The van der Waals surface area contributed by atoms with Gasteiger partial charge in [0, 0.05) is 5.56 Å². The number of hydrogen-bond donors (Lipinski definition) is 2. The summed E-state index contributed by atoms with van der Waals surface area (Å²) in [5.41, 5.74) is 3.54. The molecular formula is C9H10ClF4NO. The fourth-order valence-electron chi connectivity index (χ4n) is 1.15. The number of rotatable bonds is 2. The first kappa shape index (κ1) is 15.2. The first-order valence-corrected chi connectivity index (χ1v) is 4.10. The number of halogens is 5. The molecule has 92 valence electrons. The molecule has 0 aliphatic rings. The highest BCUT2D eigenvalue weighted by Gasteiger charge is 2.35.